The molecule has 0 aliphatic carbocycles. The van der Waals surface area contributed by atoms with Crippen molar-refractivity contribution in [2.45, 2.75) is 382 Å². The Hall–Kier alpha value is -1.94. The molecule has 0 aromatic rings. The van der Waals surface area contributed by atoms with Crippen LogP contribution in [0.25, 0.3) is 0 Å². The predicted molar refractivity (Wildman–Crippen MR) is 372 cm³/mol. The van der Waals surface area contributed by atoms with Gasteiger partial charge < -0.3 is 33.8 Å². The third kappa shape index (κ3) is 66.7. The molecule has 0 fully saturated rings. The Balaban J connectivity index is 5.18. The molecule has 2 unspecified atom stereocenters. The van der Waals surface area contributed by atoms with Crippen LogP contribution in [-0.2, 0) is 65.4 Å². The summed E-state index contributed by atoms with van der Waals surface area (Å²) in [4.78, 5) is 72.6. The SMILES string of the molecule is CC(C)CCCCCCCCCCCCCCCCCC(=O)O[C@H](COC(=O)CCCCCCCCC(C)C)COP(=O)(O)OC[C@@H](O)COP(=O)(O)OC[C@@H](COC(=O)CCCCCCCCC(C)C)OC(=O)CCCCCCCCCCCCCCCC(C)C. The van der Waals surface area contributed by atoms with E-state index in [-0.39, 0.29) is 25.7 Å². The number of aliphatic hydroxyl groups is 1. The van der Waals surface area contributed by atoms with Gasteiger partial charge in [0.05, 0.1) is 26.4 Å². The van der Waals surface area contributed by atoms with Crippen molar-refractivity contribution in [3.63, 3.8) is 0 Å². The molecule has 0 bridgehead atoms. The molecule has 0 radical (unpaired) electrons. The first-order chi connectivity index (χ1) is 44.1. The van der Waals surface area contributed by atoms with E-state index in [1.165, 1.54) is 154 Å². The van der Waals surface area contributed by atoms with E-state index in [0.717, 1.165) is 115 Å². The van der Waals surface area contributed by atoms with E-state index in [4.69, 9.17) is 37.0 Å². The van der Waals surface area contributed by atoms with E-state index < -0.39 is 97.5 Å². The smallest absolute Gasteiger partial charge is 0.462 e. The molecule has 92 heavy (non-hydrogen) atoms. The number of hydrogen-bond acceptors (Lipinski definition) is 15. The monoisotopic (exact) mass is 1350 g/mol. The maximum Gasteiger partial charge on any atom is 0.472 e. The van der Waals surface area contributed by atoms with Crippen LogP contribution in [0.4, 0.5) is 0 Å². The van der Waals surface area contributed by atoms with Crippen LogP contribution in [0.5, 0.6) is 0 Å². The molecule has 0 aromatic carbocycles. The maximum absolute atomic E-state index is 13.0. The molecule has 0 spiro atoms. The summed E-state index contributed by atoms with van der Waals surface area (Å²) in [6, 6.07) is 0. The Morgan fingerprint density at radius 2 is 0.457 bits per heavy atom. The Morgan fingerprint density at radius 3 is 0.674 bits per heavy atom. The van der Waals surface area contributed by atoms with E-state index in [0.29, 0.717) is 37.5 Å². The first kappa shape index (κ1) is 90.1. The van der Waals surface area contributed by atoms with Crippen LogP contribution in [0, 0.1) is 23.7 Å². The second-order valence-corrected chi connectivity index (χ2v) is 31.1. The molecule has 0 saturated carbocycles. The van der Waals surface area contributed by atoms with E-state index >= 15 is 0 Å². The number of hydrogen-bond donors (Lipinski definition) is 3. The van der Waals surface area contributed by atoms with Crippen LogP contribution in [0.3, 0.4) is 0 Å². The minimum Gasteiger partial charge on any atom is -0.462 e. The number of phosphoric acid groups is 2. The first-order valence-electron chi connectivity index (χ1n) is 37.7. The van der Waals surface area contributed by atoms with Crippen LogP contribution in [-0.4, -0.2) is 96.7 Å². The normalized spacial score (nSPS) is 14.2. The Labute approximate surface area is 562 Å². The number of ether oxygens (including phenoxy) is 4. The number of carbonyl (C=O) groups excluding carboxylic acids is 4. The van der Waals surface area contributed by atoms with Gasteiger partial charge in [0.25, 0.3) is 0 Å². The second-order valence-electron chi connectivity index (χ2n) is 28.2. The summed E-state index contributed by atoms with van der Waals surface area (Å²) < 4.78 is 68.3. The average molecular weight is 1350 g/mol. The zero-order valence-corrected chi connectivity index (χ0v) is 62.0. The number of unbranched alkanes of at least 4 members (excludes halogenated alkanes) is 36. The highest BCUT2D eigenvalue weighted by Gasteiger charge is 2.30. The molecule has 0 amide bonds. The number of phosphoric ester groups is 2. The highest BCUT2D eigenvalue weighted by atomic mass is 31.2. The molecule has 0 aliphatic heterocycles. The average Bonchev–Trinajstić information content (AvgIpc) is 3.70. The lowest BCUT2D eigenvalue weighted by Crippen LogP contribution is -2.30. The largest absolute Gasteiger partial charge is 0.472 e. The second kappa shape index (κ2) is 62.6. The minimum atomic E-state index is -4.95. The Bertz CT molecular complexity index is 1820. The van der Waals surface area contributed by atoms with Crippen LogP contribution < -0.4 is 0 Å². The van der Waals surface area contributed by atoms with E-state index in [1.807, 2.05) is 0 Å². The Kier molecular flexibility index (Phi) is 61.3. The summed E-state index contributed by atoms with van der Waals surface area (Å²) in [5.74, 6) is 0.819. The van der Waals surface area contributed by atoms with Gasteiger partial charge in [-0.15, -0.1) is 0 Å². The van der Waals surface area contributed by atoms with E-state index in [2.05, 4.69) is 55.4 Å². The summed E-state index contributed by atoms with van der Waals surface area (Å²) in [5, 5.41) is 10.6. The van der Waals surface area contributed by atoms with Crippen molar-refractivity contribution >= 4 is 39.5 Å². The van der Waals surface area contributed by atoms with Crippen molar-refractivity contribution in [3.05, 3.63) is 0 Å². The van der Waals surface area contributed by atoms with Gasteiger partial charge in [-0.3, -0.25) is 37.3 Å². The van der Waals surface area contributed by atoms with Gasteiger partial charge in [-0.2, -0.15) is 0 Å². The quantitative estimate of drug-likeness (QED) is 0.0222. The molecule has 0 rings (SSSR count). The van der Waals surface area contributed by atoms with Crippen molar-refractivity contribution in [2.24, 2.45) is 23.7 Å². The number of aliphatic hydroxyl groups excluding tert-OH is 1. The lowest BCUT2D eigenvalue weighted by molar-refractivity contribution is -0.161. The fourth-order valence-corrected chi connectivity index (χ4v) is 12.6. The van der Waals surface area contributed by atoms with Crippen molar-refractivity contribution in [3.8, 4) is 0 Å². The fraction of sp³-hybridized carbons (Fsp3) is 0.945. The van der Waals surface area contributed by atoms with Crippen molar-refractivity contribution in [1.29, 1.82) is 0 Å². The maximum atomic E-state index is 13.0. The zero-order chi connectivity index (χ0) is 68.2. The van der Waals surface area contributed by atoms with E-state index in [9.17, 15) is 43.2 Å². The molecule has 0 aromatic heterocycles. The van der Waals surface area contributed by atoms with Crippen molar-refractivity contribution in [2.75, 3.05) is 39.6 Å². The third-order valence-electron chi connectivity index (χ3n) is 16.8. The lowest BCUT2D eigenvalue weighted by atomic mass is 10.0. The number of esters is 4. The van der Waals surface area contributed by atoms with Gasteiger partial charge in [-0.25, -0.2) is 9.13 Å². The molecular formula is C73H142O17P2. The summed E-state index contributed by atoms with van der Waals surface area (Å²) in [7, 11) is -9.91. The Morgan fingerprint density at radius 1 is 0.272 bits per heavy atom. The standard InChI is InChI=1S/C73H142O17P2/c1-63(2)49-41-33-25-21-17-13-10-9-11-15-19-23-27-39-47-55-72(77)89-68(59-83-70(75)53-45-37-31-29-35-43-51-65(5)6)61-87-91(79,80)85-57-67(74)58-86-92(81,82)88-62-69(60-84-71(76)54-46-38-32-30-36-44-52-66(7)8)90-73(78)56-48-40-28-24-20-16-12-14-18-22-26-34-42-50-64(3)4/h63-69,74H,9-62H2,1-8H3,(H,79,80)(H,81,82)/t67-,68-,69-/m1/s1. The van der Waals surface area contributed by atoms with Gasteiger partial charge in [0.15, 0.2) is 12.2 Å². The summed E-state index contributed by atoms with van der Waals surface area (Å²) >= 11 is 0. The lowest BCUT2D eigenvalue weighted by Gasteiger charge is -2.21. The van der Waals surface area contributed by atoms with Gasteiger partial charge in [0.2, 0.25) is 0 Å². The molecule has 17 nitrogen and oxygen atoms in total. The molecule has 19 heteroatoms. The van der Waals surface area contributed by atoms with Gasteiger partial charge in [-0.05, 0) is 49.4 Å². The van der Waals surface area contributed by atoms with Gasteiger partial charge in [-0.1, -0.05) is 312 Å². The summed E-state index contributed by atoms with van der Waals surface area (Å²) in [6.45, 7) is 14.1. The minimum absolute atomic E-state index is 0.106. The van der Waals surface area contributed by atoms with Gasteiger partial charge in [0, 0.05) is 25.7 Å². The molecule has 0 heterocycles. The molecule has 0 aliphatic rings. The van der Waals surface area contributed by atoms with Crippen LogP contribution >= 0.6 is 15.6 Å². The van der Waals surface area contributed by atoms with Crippen LogP contribution in [0.15, 0.2) is 0 Å². The van der Waals surface area contributed by atoms with Crippen molar-refractivity contribution < 1.29 is 80.2 Å². The van der Waals surface area contributed by atoms with Gasteiger partial charge >= 0.3 is 39.5 Å². The summed E-state index contributed by atoms with van der Waals surface area (Å²) in [5.41, 5.74) is 0. The topological polar surface area (TPSA) is 237 Å². The molecule has 546 valence electrons. The van der Waals surface area contributed by atoms with Gasteiger partial charge in [0.1, 0.15) is 19.3 Å². The highest BCUT2D eigenvalue weighted by Crippen LogP contribution is 2.45. The predicted octanol–water partition coefficient (Wildman–Crippen LogP) is 20.9. The molecular weight excluding hydrogens is 1210 g/mol. The number of rotatable bonds is 70. The third-order valence-corrected chi connectivity index (χ3v) is 18.7. The fourth-order valence-electron chi connectivity index (χ4n) is 11.0. The van der Waals surface area contributed by atoms with Crippen LogP contribution in [0.2, 0.25) is 0 Å². The van der Waals surface area contributed by atoms with Crippen LogP contribution in [0.1, 0.15) is 364 Å². The van der Waals surface area contributed by atoms with Crippen molar-refractivity contribution in [1.82, 2.24) is 0 Å². The van der Waals surface area contributed by atoms with E-state index in [1.54, 1.807) is 0 Å². The molecule has 3 N–H and O–H groups in total. The first-order valence-corrected chi connectivity index (χ1v) is 40.7. The molecule has 0 saturated heterocycles. The number of carbonyl (C=O) groups is 4. The zero-order valence-electron chi connectivity index (χ0n) is 60.2. The highest BCUT2D eigenvalue weighted by molar-refractivity contribution is 7.47. The summed E-state index contributed by atoms with van der Waals surface area (Å²) in [6.07, 6.45) is 46.2. The molecule has 5 atom stereocenters.